The second-order valence-corrected chi connectivity index (χ2v) is 10.7. The summed E-state index contributed by atoms with van der Waals surface area (Å²) in [5, 5.41) is 0. The van der Waals surface area contributed by atoms with Crippen molar-refractivity contribution in [1.29, 1.82) is 0 Å². The Kier molecular flexibility index (Phi) is 5.24. The number of hydrogen-bond acceptors (Lipinski definition) is 1. The van der Waals surface area contributed by atoms with Gasteiger partial charge in [-0.25, -0.2) is 0 Å². The van der Waals surface area contributed by atoms with Gasteiger partial charge in [0.15, 0.2) is 5.69 Å². The zero-order valence-corrected chi connectivity index (χ0v) is 21.5. The third-order valence-electron chi connectivity index (χ3n) is 8.00. The molecule has 0 saturated carbocycles. The van der Waals surface area contributed by atoms with Gasteiger partial charge in [-0.2, -0.15) is 4.57 Å². The van der Waals surface area contributed by atoms with Gasteiger partial charge in [-0.3, -0.25) is 4.98 Å². The molecule has 0 aliphatic carbocycles. The summed E-state index contributed by atoms with van der Waals surface area (Å²) >= 11 is 0. The second kappa shape index (κ2) is 7.91. The average Bonchev–Trinajstić information content (AvgIpc) is 2.83. The van der Waals surface area contributed by atoms with Crippen LogP contribution in [0.15, 0.2) is 72.8 Å². The van der Waals surface area contributed by atoms with Crippen molar-refractivity contribution in [3.63, 3.8) is 0 Å². The molecule has 2 aromatic carbocycles. The maximum atomic E-state index is 5.25. The molecule has 3 heterocycles. The highest BCUT2D eigenvalue weighted by molar-refractivity contribution is 5.68. The fourth-order valence-electron chi connectivity index (χ4n) is 6.05. The molecule has 0 radical (unpaired) electrons. The lowest BCUT2D eigenvalue weighted by molar-refractivity contribution is -0.693. The van der Waals surface area contributed by atoms with Crippen molar-refractivity contribution < 1.29 is 4.57 Å². The van der Waals surface area contributed by atoms with Crippen LogP contribution in [0.25, 0.3) is 22.5 Å². The Morgan fingerprint density at radius 3 is 1.97 bits per heavy atom. The lowest BCUT2D eigenvalue weighted by atomic mass is 9.75. The van der Waals surface area contributed by atoms with E-state index in [1.54, 1.807) is 0 Å². The molecule has 0 atom stereocenters. The van der Waals surface area contributed by atoms with Crippen LogP contribution in [-0.4, -0.2) is 4.98 Å². The third kappa shape index (κ3) is 3.23. The van der Waals surface area contributed by atoms with Crippen LogP contribution in [0.5, 0.6) is 0 Å². The molecule has 0 fully saturated rings. The van der Waals surface area contributed by atoms with Crippen LogP contribution < -0.4 is 4.57 Å². The predicted octanol–water partition coefficient (Wildman–Crippen LogP) is 7.31. The fourth-order valence-corrected chi connectivity index (χ4v) is 6.05. The van der Waals surface area contributed by atoms with E-state index in [1.807, 2.05) is 0 Å². The number of fused-ring (bicyclic) bond motifs is 10. The van der Waals surface area contributed by atoms with Gasteiger partial charge in [-0.1, -0.05) is 50.2 Å². The number of benzene rings is 2. The van der Waals surface area contributed by atoms with Crippen molar-refractivity contribution in [2.75, 3.05) is 0 Å². The fraction of sp³-hybridized carbons (Fsp3) is 0.312. The van der Waals surface area contributed by atoms with Gasteiger partial charge in [0.25, 0.3) is 0 Å². The molecule has 0 amide bonds. The van der Waals surface area contributed by atoms with Gasteiger partial charge in [-0.05, 0) is 81.1 Å². The maximum Gasteiger partial charge on any atom is 0.212 e. The van der Waals surface area contributed by atoms with Crippen molar-refractivity contribution in [1.82, 2.24) is 4.98 Å². The Morgan fingerprint density at radius 2 is 1.26 bits per heavy atom. The van der Waals surface area contributed by atoms with Crippen LogP contribution >= 0.6 is 0 Å². The van der Waals surface area contributed by atoms with Crippen LogP contribution in [0.1, 0.15) is 68.3 Å². The van der Waals surface area contributed by atoms with Gasteiger partial charge >= 0.3 is 0 Å². The topological polar surface area (TPSA) is 16.8 Å². The Bertz CT molecular complexity index is 1410. The normalized spacial score (nSPS) is 15.5. The van der Waals surface area contributed by atoms with E-state index in [0.29, 0.717) is 0 Å². The predicted molar refractivity (Wildman–Crippen MR) is 141 cm³/mol. The van der Waals surface area contributed by atoms with E-state index < -0.39 is 0 Å². The molecule has 34 heavy (non-hydrogen) atoms. The minimum Gasteiger partial charge on any atom is -0.252 e. The van der Waals surface area contributed by atoms with E-state index in [1.165, 1.54) is 44.8 Å². The lowest BCUT2D eigenvalue weighted by Crippen LogP contribution is -2.46. The van der Waals surface area contributed by atoms with E-state index in [2.05, 4.69) is 126 Å². The molecule has 2 heteroatoms. The molecule has 0 saturated heterocycles. The maximum absolute atomic E-state index is 5.25. The Hall–Kier alpha value is -3.26. The highest BCUT2D eigenvalue weighted by Crippen LogP contribution is 2.40. The first-order chi connectivity index (χ1) is 16.2. The smallest absolute Gasteiger partial charge is 0.212 e. The lowest BCUT2D eigenvalue weighted by Gasteiger charge is -2.30. The summed E-state index contributed by atoms with van der Waals surface area (Å²) in [5.74, 6) is 0. The van der Waals surface area contributed by atoms with Crippen LogP contribution in [0.4, 0.5) is 0 Å². The summed E-state index contributed by atoms with van der Waals surface area (Å²) in [6, 6.07) is 26.7. The Balaban J connectivity index is 1.96. The van der Waals surface area contributed by atoms with Gasteiger partial charge in [0.05, 0.1) is 16.8 Å². The SMILES string of the molecule is CC[n+]1c2cccc1C(C)(C)c1cccc(c1C)-c1cccc(n1)C(C)(C)c1cccc-2c1C. The van der Waals surface area contributed by atoms with Crippen LogP contribution in [0, 0.1) is 13.8 Å². The van der Waals surface area contributed by atoms with Crippen molar-refractivity contribution in [3.8, 4) is 22.5 Å². The average molecular weight is 448 g/mol. The molecule has 8 bridgehead atoms. The largest absolute Gasteiger partial charge is 0.252 e. The van der Waals surface area contributed by atoms with Crippen molar-refractivity contribution in [2.45, 2.75) is 65.8 Å². The van der Waals surface area contributed by atoms with E-state index in [4.69, 9.17) is 4.98 Å². The Labute approximate surface area is 204 Å². The molecule has 0 unspecified atom stereocenters. The third-order valence-corrected chi connectivity index (χ3v) is 8.00. The van der Waals surface area contributed by atoms with Crippen molar-refractivity contribution in [2.24, 2.45) is 0 Å². The minimum atomic E-state index is -0.223. The molecule has 4 aromatic rings. The highest BCUT2D eigenvalue weighted by Gasteiger charge is 2.36. The Morgan fingerprint density at radius 1 is 0.676 bits per heavy atom. The van der Waals surface area contributed by atoms with E-state index >= 15 is 0 Å². The number of aromatic nitrogens is 2. The zero-order chi connectivity index (χ0) is 24.3. The van der Waals surface area contributed by atoms with Crippen LogP contribution in [0.2, 0.25) is 0 Å². The molecule has 0 spiro atoms. The molecule has 172 valence electrons. The number of hydrogen-bond donors (Lipinski definition) is 0. The molecule has 0 N–H and O–H groups in total. The van der Waals surface area contributed by atoms with Gasteiger partial charge < -0.3 is 0 Å². The summed E-state index contributed by atoms with van der Waals surface area (Å²) in [5.41, 5.74) is 12.2. The van der Waals surface area contributed by atoms with E-state index in [0.717, 1.165) is 17.9 Å². The minimum absolute atomic E-state index is 0.168. The summed E-state index contributed by atoms with van der Waals surface area (Å²) in [7, 11) is 0. The number of nitrogens with zero attached hydrogens (tertiary/aromatic N) is 2. The van der Waals surface area contributed by atoms with Crippen molar-refractivity contribution >= 4 is 0 Å². The first-order valence-electron chi connectivity index (χ1n) is 12.4. The van der Waals surface area contributed by atoms with Gasteiger partial charge in [0.2, 0.25) is 5.69 Å². The first-order valence-corrected chi connectivity index (χ1v) is 12.4. The second-order valence-electron chi connectivity index (χ2n) is 10.7. The van der Waals surface area contributed by atoms with Crippen LogP contribution in [-0.2, 0) is 17.4 Å². The number of rotatable bonds is 1. The summed E-state index contributed by atoms with van der Waals surface area (Å²) < 4.78 is 2.51. The summed E-state index contributed by atoms with van der Waals surface area (Å²) in [4.78, 5) is 5.25. The quantitative estimate of drug-likeness (QED) is 0.280. The number of pyridine rings is 2. The zero-order valence-electron chi connectivity index (χ0n) is 21.5. The van der Waals surface area contributed by atoms with Gasteiger partial charge in [0, 0.05) is 28.7 Å². The summed E-state index contributed by atoms with van der Waals surface area (Å²) in [6.07, 6.45) is 0. The first kappa shape index (κ1) is 22.5. The standard InChI is InChI=1S/C32H35N2/c1-8-34-28-18-12-20-30(34)32(6,7)26-16-9-13-23(21(26)2)27-17-11-19-29(33-27)31(4,5)25-15-10-14-24(28)22(25)3/h9-20H,8H2,1-7H3/q+1. The van der Waals surface area contributed by atoms with E-state index in [-0.39, 0.29) is 10.8 Å². The molecule has 5 rings (SSSR count). The summed E-state index contributed by atoms with van der Waals surface area (Å²) in [6.45, 7) is 17.0. The van der Waals surface area contributed by atoms with Gasteiger partial charge in [0.1, 0.15) is 6.54 Å². The highest BCUT2D eigenvalue weighted by atomic mass is 15.0. The van der Waals surface area contributed by atoms with Crippen LogP contribution in [0.3, 0.4) is 0 Å². The van der Waals surface area contributed by atoms with Crippen molar-refractivity contribution in [3.05, 3.63) is 106 Å². The van der Waals surface area contributed by atoms with E-state index in [9.17, 15) is 0 Å². The molecular weight excluding hydrogens is 412 g/mol. The molecule has 1 aliphatic heterocycles. The molecule has 2 aromatic heterocycles. The molecular formula is C32H35N2+. The molecule has 2 nitrogen and oxygen atoms in total. The molecule has 1 aliphatic rings. The van der Waals surface area contributed by atoms with Gasteiger partial charge in [-0.15, -0.1) is 0 Å². The monoisotopic (exact) mass is 447 g/mol.